The highest BCUT2D eigenvalue weighted by Gasteiger charge is 2.15. The van der Waals surface area contributed by atoms with Crippen LogP contribution in [0.4, 0.5) is 0 Å². The molecule has 9 heteroatoms. The molecule has 0 fully saturated rings. The van der Waals surface area contributed by atoms with Crippen molar-refractivity contribution in [3.05, 3.63) is 86.0 Å². The molecule has 0 spiro atoms. The van der Waals surface area contributed by atoms with Gasteiger partial charge in [-0.3, -0.25) is 0 Å². The highest BCUT2D eigenvalue weighted by Crippen LogP contribution is 2.48. The quantitative estimate of drug-likeness (QED) is 0.0180. The molecule has 47 heavy (non-hydrogen) atoms. The van der Waals surface area contributed by atoms with Crippen molar-refractivity contribution in [2.45, 2.75) is 51.4 Å². The zero-order valence-electron chi connectivity index (χ0n) is 26.7. The van der Waals surface area contributed by atoms with E-state index >= 15 is 0 Å². The summed E-state index contributed by atoms with van der Waals surface area (Å²) in [5, 5.41) is 0. The Balaban J connectivity index is 1.06. The van der Waals surface area contributed by atoms with Gasteiger partial charge in [-0.1, -0.05) is 19.1 Å². The van der Waals surface area contributed by atoms with Gasteiger partial charge in [-0.15, -0.1) is 40.6 Å². The molecule has 0 N–H and O–H groups in total. The standard InChI is InChI=1S/C38H42O6S3/c1-3-21-43-44-25-12-8-7-10-23-41-31-19-15-29(16-20-31)33-27-35-38(47-33)37-34(45-35)26-32(46-37)28-13-17-30(18-14-28)40-22-9-5-6-11-24-42-36(39)4-2/h3-4,13-20,26-27H,1-2,5-12,21-25H2. The first kappa shape index (κ1) is 34.9. The third kappa shape index (κ3) is 10.5. The molecule has 0 aliphatic heterocycles. The number of benzene rings is 2. The maximum atomic E-state index is 11.1. The highest BCUT2D eigenvalue weighted by atomic mass is 32.1. The molecule has 3 heterocycles. The van der Waals surface area contributed by atoms with E-state index in [2.05, 4.69) is 73.8 Å². The first-order chi connectivity index (χ1) is 23.1. The summed E-state index contributed by atoms with van der Waals surface area (Å²) in [5.41, 5.74) is 2.43. The summed E-state index contributed by atoms with van der Waals surface area (Å²) in [6.07, 6.45) is 11.0. The normalized spacial score (nSPS) is 11.2. The van der Waals surface area contributed by atoms with Gasteiger partial charge in [-0.25, -0.2) is 14.6 Å². The molecule has 6 nitrogen and oxygen atoms in total. The maximum absolute atomic E-state index is 11.1. The molecule has 248 valence electrons. The fourth-order valence-corrected chi connectivity index (χ4v) is 9.03. The first-order valence-electron chi connectivity index (χ1n) is 16.2. The van der Waals surface area contributed by atoms with Gasteiger partial charge < -0.3 is 14.2 Å². The number of fused-ring (bicyclic) bond motifs is 3. The minimum atomic E-state index is -0.357. The van der Waals surface area contributed by atoms with Crippen LogP contribution in [0.1, 0.15) is 51.4 Å². The number of rotatable bonds is 22. The highest BCUT2D eigenvalue weighted by molar-refractivity contribution is 7.40. The number of hydrogen-bond acceptors (Lipinski definition) is 9. The third-order valence-electron chi connectivity index (χ3n) is 7.48. The van der Waals surface area contributed by atoms with Gasteiger partial charge in [0.15, 0.2) is 0 Å². The van der Waals surface area contributed by atoms with E-state index in [1.54, 1.807) is 6.08 Å². The van der Waals surface area contributed by atoms with Gasteiger partial charge >= 0.3 is 5.97 Å². The second-order valence-corrected chi connectivity index (χ2v) is 14.2. The topological polar surface area (TPSA) is 63.2 Å². The molecule has 3 aromatic heterocycles. The second-order valence-electron chi connectivity index (χ2n) is 11.1. The molecular weight excluding hydrogens is 649 g/mol. The van der Waals surface area contributed by atoms with Crippen LogP contribution in [0, 0.1) is 0 Å². The molecule has 0 unspecified atom stereocenters. The van der Waals surface area contributed by atoms with Crippen LogP contribution < -0.4 is 9.47 Å². The molecule has 0 radical (unpaired) electrons. The Labute approximate surface area is 289 Å². The Kier molecular flexibility index (Phi) is 13.9. The minimum absolute atomic E-state index is 0.357. The molecule has 5 rings (SSSR count). The summed E-state index contributed by atoms with van der Waals surface area (Å²) in [5.74, 6) is 1.45. The summed E-state index contributed by atoms with van der Waals surface area (Å²) >= 11 is 5.60. The zero-order chi connectivity index (χ0) is 32.7. The second kappa shape index (κ2) is 18.8. The summed E-state index contributed by atoms with van der Waals surface area (Å²) < 4.78 is 22.4. The van der Waals surface area contributed by atoms with E-state index in [1.165, 1.54) is 45.8 Å². The minimum Gasteiger partial charge on any atom is -0.494 e. The smallest absolute Gasteiger partial charge is 0.330 e. The van der Waals surface area contributed by atoms with E-state index in [1.807, 2.05) is 34.0 Å². The van der Waals surface area contributed by atoms with Crippen molar-refractivity contribution < 1.29 is 28.8 Å². The van der Waals surface area contributed by atoms with Gasteiger partial charge in [0.2, 0.25) is 0 Å². The Bertz CT molecular complexity index is 1700. The SMILES string of the molecule is C=CCOOCCCCCCOc1ccc(-c2cc3sc4cc(-c5ccc(OCCCCCCOC(=O)C=C)cc5)sc4c3s2)cc1. The lowest BCUT2D eigenvalue weighted by Crippen LogP contribution is -2.02. The Morgan fingerprint density at radius 1 is 0.596 bits per heavy atom. The van der Waals surface area contributed by atoms with Crippen LogP contribution in [0.5, 0.6) is 11.5 Å². The summed E-state index contributed by atoms with van der Waals surface area (Å²) in [7, 11) is 0. The van der Waals surface area contributed by atoms with E-state index in [0.29, 0.717) is 26.4 Å². The molecule has 0 amide bonds. The van der Waals surface area contributed by atoms with E-state index in [4.69, 9.17) is 24.0 Å². The number of carbonyl (C=O) groups excluding carboxylic acids is 1. The molecule has 0 aliphatic rings. The average Bonchev–Trinajstić information content (AvgIpc) is 3.79. The van der Waals surface area contributed by atoms with Crippen molar-refractivity contribution in [1.82, 2.24) is 0 Å². The van der Waals surface area contributed by atoms with Crippen LogP contribution in [-0.4, -0.2) is 39.0 Å². The number of unbranched alkanes of at least 4 members (excludes halogenated alkanes) is 6. The average molecular weight is 691 g/mol. The fourth-order valence-electron chi connectivity index (χ4n) is 4.99. The van der Waals surface area contributed by atoms with Crippen molar-refractivity contribution in [1.29, 1.82) is 0 Å². The van der Waals surface area contributed by atoms with Gasteiger partial charge in [0.25, 0.3) is 0 Å². The maximum Gasteiger partial charge on any atom is 0.330 e. The Morgan fingerprint density at radius 3 is 1.57 bits per heavy atom. The molecule has 0 saturated carbocycles. The van der Waals surface area contributed by atoms with E-state index in [9.17, 15) is 4.79 Å². The summed E-state index contributed by atoms with van der Waals surface area (Å²) in [6.45, 7) is 9.88. The van der Waals surface area contributed by atoms with Gasteiger partial charge in [-0.05, 0) is 117 Å². The number of carbonyl (C=O) groups is 1. The van der Waals surface area contributed by atoms with Crippen molar-refractivity contribution in [3.8, 4) is 32.4 Å². The molecule has 0 aliphatic carbocycles. The van der Waals surface area contributed by atoms with Crippen molar-refractivity contribution in [2.75, 3.05) is 33.0 Å². The van der Waals surface area contributed by atoms with Crippen LogP contribution in [0.3, 0.4) is 0 Å². The summed E-state index contributed by atoms with van der Waals surface area (Å²) in [6, 6.07) is 21.5. The lowest BCUT2D eigenvalue weighted by molar-refractivity contribution is -0.286. The van der Waals surface area contributed by atoms with Crippen LogP contribution >= 0.6 is 34.0 Å². The van der Waals surface area contributed by atoms with Gasteiger partial charge in [0, 0.05) is 25.2 Å². The van der Waals surface area contributed by atoms with Crippen molar-refractivity contribution >= 4 is 58.8 Å². The van der Waals surface area contributed by atoms with Crippen LogP contribution in [-0.2, 0) is 19.3 Å². The van der Waals surface area contributed by atoms with Gasteiger partial charge in [0.1, 0.15) is 18.1 Å². The number of hydrogen-bond donors (Lipinski definition) is 0. The zero-order valence-corrected chi connectivity index (χ0v) is 29.2. The van der Waals surface area contributed by atoms with E-state index in [-0.39, 0.29) is 5.97 Å². The Hall–Kier alpha value is -3.47. The van der Waals surface area contributed by atoms with Crippen molar-refractivity contribution in [2.24, 2.45) is 0 Å². The van der Waals surface area contributed by atoms with Crippen LogP contribution in [0.25, 0.3) is 39.7 Å². The summed E-state index contributed by atoms with van der Waals surface area (Å²) in [4.78, 5) is 23.6. The third-order valence-corrected chi connectivity index (χ3v) is 11.4. The predicted octanol–water partition coefficient (Wildman–Crippen LogP) is 11.3. The monoisotopic (exact) mass is 690 g/mol. The first-order valence-corrected chi connectivity index (χ1v) is 18.7. The number of esters is 1. The van der Waals surface area contributed by atoms with E-state index in [0.717, 1.165) is 69.5 Å². The molecule has 5 aromatic rings. The Morgan fingerprint density at radius 2 is 1.09 bits per heavy atom. The number of thiophene rings is 3. The molecule has 0 atom stereocenters. The van der Waals surface area contributed by atoms with Crippen LogP contribution in [0.15, 0.2) is 86.0 Å². The molecule has 0 bridgehead atoms. The molecule has 0 saturated heterocycles. The van der Waals surface area contributed by atoms with Crippen molar-refractivity contribution in [3.63, 3.8) is 0 Å². The predicted molar refractivity (Wildman–Crippen MR) is 197 cm³/mol. The lowest BCUT2D eigenvalue weighted by atomic mass is 10.2. The fraction of sp³-hybridized carbons (Fsp3) is 0.342. The van der Waals surface area contributed by atoms with E-state index < -0.39 is 0 Å². The van der Waals surface area contributed by atoms with Gasteiger partial charge in [0.05, 0.1) is 35.8 Å². The molecular formula is C38H42O6S3. The van der Waals surface area contributed by atoms with Gasteiger partial charge in [-0.2, -0.15) is 0 Å². The largest absolute Gasteiger partial charge is 0.494 e. The lowest BCUT2D eigenvalue weighted by Gasteiger charge is -2.07. The molecule has 2 aromatic carbocycles. The number of ether oxygens (including phenoxy) is 3. The van der Waals surface area contributed by atoms with Crippen LogP contribution in [0.2, 0.25) is 0 Å².